The van der Waals surface area contributed by atoms with E-state index in [1.165, 1.54) is 25.3 Å². The van der Waals surface area contributed by atoms with Crippen LogP contribution in [0.4, 0.5) is 18.9 Å². The fraction of sp³-hybridized carbons (Fsp3) is 0.240. The number of halogens is 4. The number of anilines is 1. The number of amides is 1. The van der Waals surface area contributed by atoms with E-state index < -0.39 is 39.2 Å². The first-order chi connectivity index (χ1) is 16.9. The van der Waals surface area contributed by atoms with Gasteiger partial charge in [-0.3, -0.25) is 4.79 Å². The summed E-state index contributed by atoms with van der Waals surface area (Å²) in [6.45, 7) is 1.04. The molecule has 0 aromatic heterocycles. The van der Waals surface area contributed by atoms with Crippen LogP contribution in [-0.4, -0.2) is 38.8 Å². The second-order valence-electron chi connectivity index (χ2n) is 7.97. The molecule has 11 heteroatoms. The third-order valence-electron chi connectivity index (χ3n) is 5.31. The molecule has 36 heavy (non-hydrogen) atoms. The fourth-order valence-electron chi connectivity index (χ4n) is 3.49. The van der Waals surface area contributed by atoms with Gasteiger partial charge in [-0.2, -0.15) is 17.5 Å². The Morgan fingerprint density at radius 3 is 2.39 bits per heavy atom. The number of sulfonamides is 1. The Morgan fingerprint density at radius 2 is 1.75 bits per heavy atom. The average Bonchev–Trinajstić information content (AvgIpc) is 2.82. The molecule has 192 valence electrons. The van der Waals surface area contributed by atoms with Crippen LogP contribution in [0.2, 0.25) is 5.02 Å². The van der Waals surface area contributed by atoms with Crippen LogP contribution in [0.25, 0.3) is 0 Å². The van der Waals surface area contributed by atoms with Gasteiger partial charge in [0.05, 0.1) is 24.2 Å². The predicted molar refractivity (Wildman–Crippen MR) is 132 cm³/mol. The van der Waals surface area contributed by atoms with E-state index in [1.807, 2.05) is 30.3 Å². The summed E-state index contributed by atoms with van der Waals surface area (Å²) in [7, 11) is -2.88. The quantitative estimate of drug-likeness (QED) is 0.386. The van der Waals surface area contributed by atoms with Crippen molar-refractivity contribution < 1.29 is 31.1 Å². The molecule has 0 atom stereocenters. The van der Waals surface area contributed by atoms with Crippen LogP contribution in [0.3, 0.4) is 0 Å². The number of hydrogen-bond donors (Lipinski definition) is 1. The van der Waals surface area contributed by atoms with E-state index in [4.69, 9.17) is 16.3 Å². The van der Waals surface area contributed by atoms with Crippen LogP contribution >= 0.6 is 11.6 Å². The van der Waals surface area contributed by atoms with Crippen molar-refractivity contribution in [2.75, 3.05) is 25.5 Å². The topological polar surface area (TPSA) is 75.7 Å². The molecule has 0 bridgehead atoms. The first-order valence-electron chi connectivity index (χ1n) is 10.8. The zero-order valence-corrected chi connectivity index (χ0v) is 21.0. The molecule has 0 aliphatic carbocycles. The smallest absolute Gasteiger partial charge is 0.417 e. The van der Waals surface area contributed by atoms with Crippen LogP contribution < -0.4 is 10.1 Å². The molecule has 6 nitrogen and oxygen atoms in total. The van der Waals surface area contributed by atoms with E-state index in [2.05, 4.69) is 5.32 Å². The van der Waals surface area contributed by atoms with Crippen LogP contribution in [-0.2, 0) is 27.4 Å². The zero-order valence-electron chi connectivity index (χ0n) is 19.5. The molecule has 0 fully saturated rings. The maximum Gasteiger partial charge on any atom is 0.417 e. The lowest BCUT2D eigenvalue weighted by atomic mass is 10.1. The van der Waals surface area contributed by atoms with Crippen molar-refractivity contribution in [2.45, 2.75) is 24.4 Å². The number of nitrogens with one attached hydrogen (secondary N) is 1. The molecule has 0 unspecified atom stereocenters. The van der Waals surface area contributed by atoms with Crippen molar-refractivity contribution >= 4 is 33.2 Å². The molecule has 1 N–H and O–H groups in total. The highest BCUT2D eigenvalue weighted by atomic mass is 35.5. The lowest BCUT2D eigenvalue weighted by Crippen LogP contribution is -2.39. The number of alkyl halides is 3. The number of carbonyl (C=O) groups excluding carboxylic acids is 1. The average molecular weight is 541 g/mol. The zero-order chi connectivity index (χ0) is 26.5. The Labute approximate surface area is 212 Å². The van der Waals surface area contributed by atoms with E-state index >= 15 is 0 Å². The van der Waals surface area contributed by atoms with Gasteiger partial charge in [0.2, 0.25) is 15.9 Å². The van der Waals surface area contributed by atoms with Gasteiger partial charge in [-0.05, 0) is 54.8 Å². The van der Waals surface area contributed by atoms with E-state index in [9.17, 15) is 26.4 Å². The van der Waals surface area contributed by atoms with Crippen LogP contribution in [0.15, 0.2) is 71.6 Å². The second kappa shape index (κ2) is 11.3. The fourth-order valence-corrected chi connectivity index (χ4v) is 5.35. The second-order valence-corrected chi connectivity index (χ2v) is 10.3. The van der Waals surface area contributed by atoms with Crippen molar-refractivity contribution in [1.82, 2.24) is 4.31 Å². The lowest BCUT2D eigenvalue weighted by molar-refractivity contribution is -0.137. The minimum Gasteiger partial charge on any atom is -0.495 e. The molecule has 3 rings (SSSR count). The molecular weight excluding hydrogens is 517 g/mol. The summed E-state index contributed by atoms with van der Waals surface area (Å²) in [5.41, 5.74) is 0.245. The van der Waals surface area contributed by atoms with Gasteiger partial charge in [0.25, 0.3) is 0 Å². The molecule has 0 aliphatic rings. The number of benzene rings is 3. The number of nitrogens with zero attached hydrogens (tertiary/aromatic N) is 1. The van der Waals surface area contributed by atoms with Gasteiger partial charge >= 0.3 is 6.18 Å². The minimum absolute atomic E-state index is 0.0503. The Hall–Kier alpha value is -3.08. The first-order valence-corrected chi connectivity index (χ1v) is 12.6. The number of rotatable bonds is 9. The Kier molecular flexibility index (Phi) is 8.65. The van der Waals surface area contributed by atoms with Gasteiger partial charge in [-0.1, -0.05) is 48.0 Å². The van der Waals surface area contributed by atoms with Gasteiger partial charge in [0, 0.05) is 12.2 Å². The van der Waals surface area contributed by atoms with Crippen molar-refractivity contribution in [3.8, 4) is 5.75 Å². The molecule has 0 saturated heterocycles. The largest absolute Gasteiger partial charge is 0.495 e. The molecule has 0 radical (unpaired) electrons. The van der Waals surface area contributed by atoms with Crippen molar-refractivity contribution in [1.29, 1.82) is 0 Å². The van der Waals surface area contributed by atoms with E-state index in [-0.39, 0.29) is 22.9 Å². The third kappa shape index (κ3) is 6.77. The van der Waals surface area contributed by atoms with Gasteiger partial charge in [0.15, 0.2) is 0 Å². The Bertz CT molecular complexity index is 1330. The molecule has 0 saturated carbocycles. The summed E-state index contributed by atoms with van der Waals surface area (Å²) in [4.78, 5) is 12.7. The van der Waals surface area contributed by atoms with E-state index in [0.717, 1.165) is 15.9 Å². The summed E-state index contributed by atoms with van der Waals surface area (Å²) in [5, 5.41) is 1.82. The Morgan fingerprint density at radius 1 is 1.06 bits per heavy atom. The van der Waals surface area contributed by atoms with Gasteiger partial charge < -0.3 is 10.1 Å². The van der Waals surface area contributed by atoms with Gasteiger partial charge in [-0.25, -0.2) is 8.42 Å². The highest BCUT2D eigenvalue weighted by Gasteiger charge is 2.34. The van der Waals surface area contributed by atoms with E-state index in [0.29, 0.717) is 18.1 Å². The highest BCUT2D eigenvalue weighted by Crippen LogP contribution is 2.36. The minimum atomic E-state index is -4.72. The maximum absolute atomic E-state index is 13.6. The SMILES string of the molecule is COc1ccc(C)cc1S(=O)(=O)N(CCc1ccccc1)CC(=O)Nc1ccc(Cl)c(C(F)(F)F)c1. The van der Waals surface area contributed by atoms with E-state index in [1.54, 1.807) is 13.0 Å². The molecule has 1 amide bonds. The van der Waals surface area contributed by atoms with Crippen molar-refractivity contribution in [3.63, 3.8) is 0 Å². The summed E-state index contributed by atoms with van der Waals surface area (Å²) < 4.78 is 73.0. The van der Waals surface area contributed by atoms with Crippen molar-refractivity contribution in [2.24, 2.45) is 0 Å². The standard InChI is InChI=1S/C25H24ClF3N2O4S/c1-17-8-11-22(35-2)23(14-17)36(33,34)31(13-12-18-6-4-3-5-7-18)16-24(32)30-19-9-10-21(26)20(15-19)25(27,28)29/h3-11,14-15H,12-13,16H2,1-2H3,(H,30,32). The van der Waals surface area contributed by atoms with Gasteiger partial charge in [0.1, 0.15) is 10.6 Å². The normalized spacial score (nSPS) is 12.0. The number of aryl methyl sites for hydroxylation is 1. The molecular formula is C25H24ClF3N2O4S. The van der Waals surface area contributed by atoms with Crippen LogP contribution in [0.5, 0.6) is 5.75 Å². The summed E-state index contributed by atoms with van der Waals surface area (Å²) in [6, 6.07) is 16.7. The number of ether oxygens (including phenoxy) is 1. The first kappa shape index (κ1) is 27.5. The number of carbonyl (C=O) groups is 1. The molecule has 3 aromatic carbocycles. The van der Waals surface area contributed by atoms with Gasteiger partial charge in [-0.15, -0.1) is 0 Å². The third-order valence-corrected chi connectivity index (χ3v) is 7.50. The van der Waals surface area contributed by atoms with Crippen LogP contribution in [0, 0.1) is 6.92 Å². The maximum atomic E-state index is 13.6. The monoisotopic (exact) mass is 540 g/mol. The van der Waals surface area contributed by atoms with Crippen LogP contribution in [0.1, 0.15) is 16.7 Å². The predicted octanol–water partition coefficient (Wildman–Crippen LogP) is 5.55. The van der Waals surface area contributed by atoms with Crippen molar-refractivity contribution in [3.05, 3.63) is 88.4 Å². The molecule has 0 aliphatic heterocycles. The summed E-state index contributed by atoms with van der Waals surface area (Å²) in [5.74, 6) is -0.702. The molecule has 3 aromatic rings. The molecule has 0 spiro atoms. The highest BCUT2D eigenvalue weighted by molar-refractivity contribution is 7.89. The summed E-state index contributed by atoms with van der Waals surface area (Å²) in [6.07, 6.45) is -4.41. The summed E-state index contributed by atoms with van der Waals surface area (Å²) >= 11 is 5.64. The Balaban J connectivity index is 1.90. The lowest BCUT2D eigenvalue weighted by Gasteiger charge is -2.23. The molecule has 0 heterocycles. The number of hydrogen-bond acceptors (Lipinski definition) is 4. The number of methoxy groups -OCH3 is 1.